The van der Waals surface area contributed by atoms with Crippen molar-refractivity contribution >= 4 is 11.6 Å². The number of hydrogen-bond donors (Lipinski definition) is 0. The van der Waals surface area contributed by atoms with Crippen molar-refractivity contribution in [2.45, 2.75) is 12.8 Å². The lowest BCUT2D eigenvalue weighted by atomic mass is 10.0. The highest BCUT2D eigenvalue weighted by atomic mass is 19.1. The highest BCUT2D eigenvalue weighted by molar-refractivity contribution is 6.06. The van der Waals surface area contributed by atoms with Gasteiger partial charge in [0, 0.05) is 12.7 Å². The van der Waals surface area contributed by atoms with Crippen LogP contribution in [0.1, 0.15) is 22.5 Å². The third-order valence-electron chi connectivity index (χ3n) is 4.55. The number of carbonyl (C=O) groups excluding carboxylic acids is 1. The predicted molar refractivity (Wildman–Crippen MR) is 96.5 cm³/mol. The molecule has 0 saturated carbocycles. The van der Waals surface area contributed by atoms with Gasteiger partial charge in [-0.25, -0.2) is 9.07 Å². The fraction of sp³-hybridized carbons (Fsp3) is 0.200. The first kappa shape index (κ1) is 16.3. The molecule has 26 heavy (non-hydrogen) atoms. The van der Waals surface area contributed by atoms with E-state index in [9.17, 15) is 9.18 Å². The third-order valence-corrected chi connectivity index (χ3v) is 4.55. The Morgan fingerprint density at radius 1 is 1.15 bits per heavy atom. The normalized spacial score (nSPS) is 13.4. The molecule has 2 heterocycles. The van der Waals surface area contributed by atoms with Crippen LogP contribution in [-0.4, -0.2) is 29.3 Å². The van der Waals surface area contributed by atoms with Crippen LogP contribution in [0, 0.1) is 5.82 Å². The van der Waals surface area contributed by atoms with Gasteiger partial charge in [0.1, 0.15) is 17.3 Å². The summed E-state index contributed by atoms with van der Waals surface area (Å²) < 4.78 is 20.8. The van der Waals surface area contributed by atoms with Crippen LogP contribution in [0.4, 0.5) is 10.1 Å². The number of fused-ring (bicyclic) bond motifs is 1. The SMILES string of the molecule is COc1cccc2c1N(C(=O)c1ccn(-c3ccccc3F)n1)CCC2. The van der Waals surface area contributed by atoms with Crippen molar-refractivity contribution in [3.8, 4) is 11.4 Å². The van der Waals surface area contributed by atoms with Gasteiger partial charge in [-0.15, -0.1) is 0 Å². The lowest BCUT2D eigenvalue weighted by molar-refractivity contribution is 0.0979. The zero-order chi connectivity index (χ0) is 18.1. The Hall–Kier alpha value is -3.15. The molecule has 0 bridgehead atoms. The van der Waals surface area contributed by atoms with Crippen LogP contribution >= 0.6 is 0 Å². The number of rotatable bonds is 3. The molecular formula is C20H18FN3O2. The first-order valence-corrected chi connectivity index (χ1v) is 8.47. The number of halogens is 1. The number of aromatic nitrogens is 2. The topological polar surface area (TPSA) is 47.4 Å². The summed E-state index contributed by atoms with van der Waals surface area (Å²) in [6.07, 6.45) is 3.37. The number of amides is 1. The summed E-state index contributed by atoms with van der Waals surface area (Å²) in [5.74, 6) is 0.0641. The number of aryl methyl sites for hydroxylation is 1. The molecule has 0 saturated heterocycles. The molecule has 0 spiro atoms. The van der Waals surface area contributed by atoms with Crippen molar-refractivity contribution < 1.29 is 13.9 Å². The number of methoxy groups -OCH3 is 1. The van der Waals surface area contributed by atoms with E-state index in [0.717, 1.165) is 24.1 Å². The molecule has 1 aliphatic rings. The zero-order valence-corrected chi connectivity index (χ0v) is 14.4. The minimum absolute atomic E-state index is 0.217. The van der Waals surface area contributed by atoms with Crippen molar-refractivity contribution in [1.29, 1.82) is 0 Å². The summed E-state index contributed by atoms with van der Waals surface area (Å²) in [4.78, 5) is 14.8. The van der Waals surface area contributed by atoms with Gasteiger partial charge >= 0.3 is 0 Å². The number of para-hydroxylation sites is 2. The smallest absolute Gasteiger partial charge is 0.278 e. The number of ether oxygens (including phenoxy) is 1. The lowest BCUT2D eigenvalue weighted by Gasteiger charge is -2.30. The average Bonchev–Trinajstić information content (AvgIpc) is 3.16. The van der Waals surface area contributed by atoms with E-state index in [1.54, 1.807) is 42.5 Å². The van der Waals surface area contributed by atoms with E-state index in [-0.39, 0.29) is 17.4 Å². The van der Waals surface area contributed by atoms with Gasteiger partial charge < -0.3 is 9.64 Å². The summed E-state index contributed by atoms with van der Waals surface area (Å²) in [6, 6.07) is 13.7. The maximum atomic E-state index is 14.0. The second kappa shape index (κ2) is 6.63. The van der Waals surface area contributed by atoms with Gasteiger partial charge in [0.15, 0.2) is 5.69 Å². The molecule has 0 unspecified atom stereocenters. The zero-order valence-electron chi connectivity index (χ0n) is 14.4. The molecule has 0 radical (unpaired) electrons. The van der Waals surface area contributed by atoms with Crippen molar-refractivity contribution in [3.05, 3.63) is 71.8 Å². The molecule has 3 aromatic rings. The van der Waals surface area contributed by atoms with Crippen LogP contribution in [0.2, 0.25) is 0 Å². The molecule has 4 rings (SSSR count). The van der Waals surface area contributed by atoms with E-state index in [1.807, 2.05) is 18.2 Å². The standard InChI is InChI=1S/C20H18FN3O2/c1-26-18-10-4-6-14-7-5-12-23(19(14)18)20(25)16-11-13-24(22-16)17-9-3-2-8-15(17)21/h2-4,6,8-11,13H,5,7,12H2,1H3. The molecule has 0 fully saturated rings. The van der Waals surface area contributed by atoms with Crippen molar-refractivity contribution in [2.24, 2.45) is 0 Å². The van der Waals surface area contributed by atoms with Crippen LogP contribution in [0.3, 0.4) is 0 Å². The number of carbonyl (C=O) groups is 1. The first-order valence-electron chi connectivity index (χ1n) is 8.47. The lowest BCUT2D eigenvalue weighted by Crippen LogP contribution is -2.36. The molecule has 6 heteroatoms. The molecule has 0 N–H and O–H groups in total. The molecule has 2 aromatic carbocycles. The van der Waals surface area contributed by atoms with E-state index < -0.39 is 0 Å². The predicted octanol–water partition coefficient (Wildman–Crippen LogP) is 3.61. The van der Waals surface area contributed by atoms with E-state index >= 15 is 0 Å². The summed E-state index contributed by atoms with van der Waals surface area (Å²) in [7, 11) is 1.60. The molecule has 0 atom stereocenters. The maximum Gasteiger partial charge on any atom is 0.278 e. The van der Waals surface area contributed by atoms with Crippen molar-refractivity contribution in [2.75, 3.05) is 18.6 Å². The molecule has 5 nitrogen and oxygen atoms in total. The number of anilines is 1. The Morgan fingerprint density at radius 2 is 2.00 bits per heavy atom. The summed E-state index contributed by atoms with van der Waals surface area (Å²) in [5, 5.41) is 4.29. The second-order valence-corrected chi connectivity index (χ2v) is 6.13. The Labute approximate surface area is 150 Å². The Balaban J connectivity index is 1.70. The monoisotopic (exact) mass is 351 g/mol. The molecule has 132 valence electrons. The fourth-order valence-corrected chi connectivity index (χ4v) is 3.33. The minimum Gasteiger partial charge on any atom is -0.495 e. The van der Waals surface area contributed by atoms with Crippen LogP contribution < -0.4 is 9.64 Å². The van der Waals surface area contributed by atoms with E-state index in [4.69, 9.17) is 4.74 Å². The third kappa shape index (κ3) is 2.73. The second-order valence-electron chi connectivity index (χ2n) is 6.13. The highest BCUT2D eigenvalue weighted by Gasteiger charge is 2.28. The molecule has 1 aliphatic heterocycles. The van der Waals surface area contributed by atoms with Gasteiger partial charge in [0.25, 0.3) is 5.91 Å². The van der Waals surface area contributed by atoms with Gasteiger partial charge in [-0.1, -0.05) is 24.3 Å². The summed E-state index contributed by atoms with van der Waals surface area (Å²) >= 11 is 0. The van der Waals surface area contributed by atoms with Gasteiger partial charge in [-0.3, -0.25) is 4.79 Å². The number of hydrogen-bond acceptors (Lipinski definition) is 3. The van der Waals surface area contributed by atoms with Crippen LogP contribution in [-0.2, 0) is 6.42 Å². The molecule has 1 aromatic heterocycles. The van der Waals surface area contributed by atoms with E-state index in [0.29, 0.717) is 18.0 Å². The van der Waals surface area contributed by atoms with Crippen LogP contribution in [0.5, 0.6) is 5.75 Å². The Kier molecular flexibility index (Phi) is 4.16. The largest absolute Gasteiger partial charge is 0.495 e. The van der Waals surface area contributed by atoms with E-state index in [2.05, 4.69) is 5.10 Å². The number of benzene rings is 2. The number of nitrogens with zero attached hydrogens (tertiary/aromatic N) is 3. The van der Waals surface area contributed by atoms with Crippen LogP contribution in [0.25, 0.3) is 5.69 Å². The Bertz CT molecular complexity index is 953. The van der Waals surface area contributed by atoms with Crippen molar-refractivity contribution in [1.82, 2.24) is 9.78 Å². The summed E-state index contributed by atoms with van der Waals surface area (Å²) in [6.45, 7) is 0.596. The minimum atomic E-state index is -0.389. The molecule has 1 amide bonds. The quantitative estimate of drug-likeness (QED) is 0.724. The molecular weight excluding hydrogens is 333 g/mol. The summed E-state index contributed by atoms with van der Waals surface area (Å²) in [5.41, 5.74) is 2.46. The van der Waals surface area contributed by atoms with E-state index in [1.165, 1.54) is 10.7 Å². The first-order chi connectivity index (χ1) is 12.7. The maximum absolute atomic E-state index is 14.0. The van der Waals surface area contributed by atoms with Gasteiger partial charge in [0.05, 0.1) is 12.8 Å². The fourth-order valence-electron chi connectivity index (χ4n) is 3.33. The van der Waals surface area contributed by atoms with Gasteiger partial charge in [0.2, 0.25) is 0 Å². The average molecular weight is 351 g/mol. The van der Waals surface area contributed by atoms with Crippen molar-refractivity contribution in [3.63, 3.8) is 0 Å². The van der Waals surface area contributed by atoms with Crippen LogP contribution in [0.15, 0.2) is 54.7 Å². The van der Waals surface area contributed by atoms with Gasteiger partial charge in [-0.2, -0.15) is 5.10 Å². The van der Waals surface area contributed by atoms with Gasteiger partial charge in [-0.05, 0) is 42.7 Å². The molecule has 0 aliphatic carbocycles. The Morgan fingerprint density at radius 3 is 2.81 bits per heavy atom. The highest BCUT2D eigenvalue weighted by Crippen LogP contribution is 2.36.